The SMILES string of the molecule is O=C1/C(=C/c2ccc(-c3ccccc3)cc2)SC(=S)N1Nc1nc2ccccc2s1. The smallest absolute Gasteiger partial charge is 0.266 e. The lowest BCUT2D eigenvalue weighted by Crippen LogP contribution is -2.33. The first kappa shape index (κ1) is 19.0. The van der Waals surface area contributed by atoms with Gasteiger partial charge < -0.3 is 0 Å². The number of aromatic nitrogens is 1. The molecule has 1 aliphatic rings. The Morgan fingerprint density at radius 2 is 1.60 bits per heavy atom. The van der Waals surface area contributed by atoms with E-state index in [2.05, 4.69) is 34.7 Å². The van der Waals surface area contributed by atoms with Crippen LogP contribution in [0.3, 0.4) is 0 Å². The molecule has 4 aromatic rings. The molecule has 0 bridgehead atoms. The lowest BCUT2D eigenvalue weighted by molar-refractivity contribution is -0.121. The standard InChI is InChI=1S/C23H15N3OS3/c27-21-20(14-15-10-12-17(13-11-15)16-6-2-1-3-7-16)30-23(28)26(21)25-22-24-18-8-4-5-9-19(18)29-22/h1-14H,(H,24,25)/b20-14-. The highest BCUT2D eigenvalue weighted by Gasteiger charge is 2.33. The largest absolute Gasteiger partial charge is 0.285 e. The summed E-state index contributed by atoms with van der Waals surface area (Å²) < 4.78 is 1.52. The van der Waals surface area contributed by atoms with Crippen molar-refractivity contribution in [1.29, 1.82) is 0 Å². The zero-order valence-electron chi connectivity index (χ0n) is 15.6. The average molecular weight is 446 g/mol. The Bertz CT molecular complexity index is 1250. The number of hydrogen-bond donors (Lipinski definition) is 1. The van der Waals surface area contributed by atoms with Gasteiger partial charge in [-0.25, -0.2) is 4.98 Å². The van der Waals surface area contributed by atoms with Crippen molar-refractivity contribution in [3.8, 4) is 11.1 Å². The van der Waals surface area contributed by atoms with Crippen LogP contribution in [0.4, 0.5) is 5.13 Å². The topological polar surface area (TPSA) is 45.2 Å². The van der Waals surface area contributed by atoms with Gasteiger partial charge in [-0.05, 0) is 47.1 Å². The molecular weight excluding hydrogens is 430 g/mol. The molecule has 0 unspecified atom stereocenters. The summed E-state index contributed by atoms with van der Waals surface area (Å²) in [6, 6.07) is 26.2. The molecule has 3 aromatic carbocycles. The second-order valence-electron chi connectivity index (χ2n) is 6.60. The van der Waals surface area contributed by atoms with Crippen molar-refractivity contribution in [3.63, 3.8) is 0 Å². The minimum Gasteiger partial charge on any atom is -0.266 e. The number of fused-ring (bicyclic) bond motifs is 1. The molecule has 0 aliphatic carbocycles. The first-order chi connectivity index (χ1) is 14.7. The summed E-state index contributed by atoms with van der Waals surface area (Å²) in [5, 5.41) is 2.03. The van der Waals surface area contributed by atoms with E-state index in [4.69, 9.17) is 12.2 Å². The van der Waals surface area contributed by atoms with Crippen LogP contribution < -0.4 is 5.43 Å². The number of amides is 1. The summed E-state index contributed by atoms with van der Waals surface area (Å²) >= 11 is 8.19. The average Bonchev–Trinajstić information content (AvgIpc) is 3.31. The van der Waals surface area contributed by atoms with E-state index in [9.17, 15) is 4.79 Å². The van der Waals surface area contributed by atoms with E-state index in [-0.39, 0.29) is 5.91 Å². The number of hydrazine groups is 1. The van der Waals surface area contributed by atoms with Crippen LogP contribution >= 0.6 is 35.3 Å². The summed E-state index contributed by atoms with van der Waals surface area (Å²) in [5.74, 6) is -0.170. The number of carbonyl (C=O) groups is 1. The number of thiocarbonyl (C=S) groups is 1. The van der Waals surface area contributed by atoms with E-state index in [1.165, 1.54) is 28.1 Å². The van der Waals surface area contributed by atoms with Crippen LogP contribution in [0.5, 0.6) is 0 Å². The van der Waals surface area contributed by atoms with Crippen LogP contribution in [0.15, 0.2) is 83.8 Å². The Hall–Kier alpha value is -3.00. The second-order valence-corrected chi connectivity index (χ2v) is 9.31. The lowest BCUT2D eigenvalue weighted by Gasteiger charge is -2.14. The van der Waals surface area contributed by atoms with E-state index in [1.807, 2.05) is 60.7 Å². The summed E-state index contributed by atoms with van der Waals surface area (Å²) in [7, 11) is 0. The number of hydrogen-bond acceptors (Lipinski definition) is 6. The van der Waals surface area contributed by atoms with Crippen LogP contribution in [0.25, 0.3) is 27.4 Å². The van der Waals surface area contributed by atoms with Crippen LogP contribution in [0, 0.1) is 0 Å². The van der Waals surface area contributed by atoms with Gasteiger partial charge in [0.2, 0.25) is 5.13 Å². The number of nitrogens with one attached hydrogen (secondary N) is 1. The molecule has 1 saturated heterocycles. The Morgan fingerprint density at radius 3 is 2.37 bits per heavy atom. The summed E-state index contributed by atoms with van der Waals surface area (Å²) in [5.41, 5.74) is 7.21. The maximum atomic E-state index is 12.9. The van der Waals surface area contributed by atoms with Gasteiger partial charge in [-0.3, -0.25) is 10.2 Å². The molecule has 1 fully saturated rings. The van der Waals surface area contributed by atoms with Gasteiger partial charge in [0.25, 0.3) is 5.91 Å². The molecule has 4 nitrogen and oxygen atoms in total. The molecule has 0 saturated carbocycles. The molecule has 0 spiro atoms. The number of para-hydroxylation sites is 1. The molecule has 2 heterocycles. The second kappa shape index (κ2) is 8.02. The number of thioether (sulfide) groups is 1. The third-order valence-corrected chi connectivity index (χ3v) is 6.85. The van der Waals surface area contributed by atoms with Gasteiger partial charge in [0, 0.05) is 0 Å². The van der Waals surface area contributed by atoms with Crippen LogP contribution in [0.2, 0.25) is 0 Å². The van der Waals surface area contributed by atoms with Gasteiger partial charge in [-0.2, -0.15) is 5.01 Å². The molecule has 30 heavy (non-hydrogen) atoms. The first-order valence-electron chi connectivity index (χ1n) is 9.23. The van der Waals surface area contributed by atoms with E-state index < -0.39 is 0 Å². The van der Waals surface area contributed by atoms with E-state index >= 15 is 0 Å². The summed E-state index contributed by atoms with van der Waals surface area (Å²) in [4.78, 5) is 18.0. The number of benzene rings is 3. The Kier molecular flexibility index (Phi) is 5.08. The van der Waals surface area contributed by atoms with Crippen molar-refractivity contribution < 1.29 is 4.79 Å². The fraction of sp³-hybridized carbons (Fsp3) is 0. The van der Waals surface area contributed by atoms with Gasteiger partial charge >= 0.3 is 0 Å². The maximum Gasteiger partial charge on any atom is 0.285 e. The van der Waals surface area contributed by atoms with E-state index in [1.54, 1.807) is 0 Å². The summed E-state index contributed by atoms with van der Waals surface area (Å²) in [6.45, 7) is 0. The normalized spacial score (nSPS) is 15.3. The van der Waals surface area contributed by atoms with Crippen molar-refractivity contribution in [2.75, 3.05) is 5.43 Å². The monoisotopic (exact) mass is 445 g/mol. The zero-order chi connectivity index (χ0) is 20.5. The van der Waals surface area contributed by atoms with Gasteiger partial charge in [0.05, 0.1) is 15.1 Å². The van der Waals surface area contributed by atoms with E-state index in [0.29, 0.717) is 14.4 Å². The molecule has 5 rings (SSSR count). The molecule has 1 N–H and O–H groups in total. The van der Waals surface area contributed by atoms with Crippen molar-refractivity contribution in [2.45, 2.75) is 0 Å². The molecule has 0 radical (unpaired) electrons. The third kappa shape index (κ3) is 3.75. The van der Waals surface area contributed by atoms with Crippen LogP contribution in [-0.2, 0) is 4.79 Å². The fourth-order valence-electron chi connectivity index (χ4n) is 3.13. The number of carbonyl (C=O) groups excluding carboxylic acids is 1. The van der Waals surface area contributed by atoms with Crippen LogP contribution in [-0.4, -0.2) is 20.2 Å². The highest BCUT2D eigenvalue weighted by molar-refractivity contribution is 8.26. The Morgan fingerprint density at radius 1 is 0.900 bits per heavy atom. The molecular formula is C23H15N3OS3. The highest BCUT2D eigenvalue weighted by Crippen LogP contribution is 2.34. The molecule has 1 aliphatic heterocycles. The van der Waals surface area contributed by atoms with Gasteiger partial charge in [0.1, 0.15) is 0 Å². The fourth-order valence-corrected chi connectivity index (χ4v) is 5.17. The lowest BCUT2D eigenvalue weighted by atomic mass is 10.0. The van der Waals surface area contributed by atoms with Crippen molar-refractivity contribution in [2.24, 2.45) is 0 Å². The quantitative estimate of drug-likeness (QED) is 0.300. The number of anilines is 1. The van der Waals surface area contributed by atoms with Gasteiger partial charge in [-0.1, -0.05) is 89.8 Å². The minimum absolute atomic E-state index is 0.170. The summed E-state index contributed by atoms with van der Waals surface area (Å²) in [6.07, 6.45) is 1.87. The van der Waals surface area contributed by atoms with Crippen LogP contribution in [0.1, 0.15) is 5.56 Å². The number of thiazole rings is 1. The van der Waals surface area contributed by atoms with Gasteiger partial charge in [-0.15, -0.1) is 0 Å². The molecule has 0 atom stereocenters. The predicted octanol–water partition coefficient (Wildman–Crippen LogP) is 6.19. The molecule has 1 aromatic heterocycles. The Balaban J connectivity index is 1.35. The Labute approximate surface area is 187 Å². The van der Waals surface area contributed by atoms with Crippen molar-refractivity contribution >= 4 is 67.0 Å². The highest BCUT2D eigenvalue weighted by atomic mass is 32.2. The van der Waals surface area contributed by atoms with E-state index in [0.717, 1.165) is 26.9 Å². The third-order valence-electron chi connectivity index (χ3n) is 4.61. The minimum atomic E-state index is -0.170. The molecule has 1 amide bonds. The first-order valence-corrected chi connectivity index (χ1v) is 11.3. The van der Waals surface area contributed by atoms with Crippen molar-refractivity contribution in [1.82, 2.24) is 9.99 Å². The molecule has 146 valence electrons. The molecule has 7 heteroatoms. The van der Waals surface area contributed by atoms with Gasteiger partial charge in [0.15, 0.2) is 4.32 Å². The maximum absolute atomic E-state index is 12.9. The zero-order valence-corrected chi connectivity index (χ0v) is 18.1. The number of rotatable bonds is 4. The van der Waals surface area contributed by atoms with Crippen molar-refractivity contribution in [3.05, 3.63) is 89.3 Å². The number of nitrogens with zero attached hydrogens (tertiary/aromatic N) is 2. The predicted molar refractivity (Wildman–Crippen MR) is 130 cm³/mol.